The molecule has 1 aliphatic rings. The maximum Gasteiger partial charge on any atom is 0.254 e. The number of hydrogen-bond acceptors (Lipinski definition) is 4. The summed E-state index contributed by atoms with van der Waals surface area (Å²) in [5, 5.41) is 7.49. The van der Waals surface area contributed by atoms with Crippen molar-refractivity contribution in [2.45, 2.75) is 19.8 Å². The van der Waals surface area contributed by atoms with E-state index >= 15 is 0 Å². The zero-order valence-electron chi connectivity index (χ0n) is 14.8. The molecular weight excluding hydrogens is 316 g/mol. The monoisotopic (exact) mass is 342 g/mol. The Hall–Kier alpha value is -2.18. The Morgan fingerprint density at radius 2 is 2.00 bits per heavy atom. The first kappa shape index (κ1) is 17.6. The van der Waals surface area contributed by atoms with Crippen LogP contribution >= 0.6 is 0 Å². The van der Waals surface area contributed by atoms with E-state index in [0.29, 0.717) is 12.1 Å². The van der Waals surface area contributed by atoms with E-state index in [1.165, 1.54) is 0 Å². The smallest absolute Gasteiger partial charge is 0.254 e. The standard InChI is InChI=1S/C19H26N4O2/c1-2-6-18-17(15-21-23(18)16-7-4-3-5-8-16)19(24)20-9-10-22-11-13-25-14-12-22/h3-5,7-8,15H,2,6,9-14H2,1H3,(H,20,24). The summed E-state index contributed by atoms with van der Waals surface area (Å²) in [6.45, 7) is 7.02. The molecule has 2 aromatic rings. The molecule has 0 radical (unpaired) electrons. The average Bonchev–Trinajstić information content (AvgIpc) is 3.07. The molecule has 1 amide bonds. The Bertz CT molecular complexity index is 678. The summed E-state index contributed by atoms with van der Waals surface area (Å²) in [5.74, 6) is -0.0427. The summed E-state index contributed by atoms with van der Waals surface area (Å²) in [6, 6.07) is 9.95. The van der Waals surface area contributed by atoms with Crippen molar-refractivity contribution in [3.05, 3.63) is 47.8 Å². The fourth-order valence-corrected chi connectivity index (χ4v) is 3.08. The van der Waals surface area contributed by atoms with Crippen LogP contribution in [-0.4, -0.2) is 60.0 Å². The predicted molar refractivity (Wildman–Crippen MR) is 97.2 cm³/mol. The third kappa shape index (κ3) is 4.46. The Kier molecular flexibility index (Phi) is 6.19. The molecule has 1 aromatic heterocycles. The number of amides is 1. The van der Waals surface area contributed by atoms with Gasteiger partial charge in [0.2, 0.25) is 0 Å². The molecule has 2 heterocycles. The van der Waals surface area contributed by atoms with Crippen molar-refractivity contribution in [2.24, 2.45) is 0 Å². The molecule has 1 N–H and O–H groups in total. The van der Waals surface area contributed by atoms with Gasteiger partial charge < -0.3 is 10.1 Å². The molecule has 1 aliphatic heterocycles. The maximum absolute atomic E-state index is 12.6. The molecule has 0 aliphatic carbocycles. The van der Waals surface area contributed by atoms with E-state index < -0.39 is 0 Å². The number of morpholine rings is 1. The quantitative estimate of drug-likeness (QED) is 0.835. The van der Waals surface area contributed by atoms with Crippen molar-refractivity contribution in [1.82, 2.24) is 20.0 Å². The van der Waals surface area contributed by atoms with Gasteiger partial charge in [0.05, 0.1) is 36.4 Å². The van der Waals surface area contributed by atoms with Gasteiger partial charge in [-0.3, -0.25) is 9.69 Å². The van der Waals surface area contributed by atoms with Gasteiger partial charge in [-0.1, -0.05) is 31.5 Å². The number of para-hydroxylation sites is 1. The molecule has 6 heteroatoms. The highest BCUT2D eigenvalue weighted by molar-refractivity contribution is 5.95. The highest BCUT2D eigenvalue weighted by Crippen LogP contribution is 2.16. The fraction of sp³-hybridized carbons (Fsp3) is 0.474. The molecule has 1 saturated heterocycles. The maximum atomic E-state index is 12.6. The molecule has 25 heavy (non-hydrogen) atoms. The number of hydrogen-bond donors (Lipinski definition) is 1. The number of rotatable bonds is 7. The minimum atomic E-state index is -0.0427. The lowest BCUT2D eigenvalue weighted by molar-refractivity contribution is 0.0383. The van der Waals surface area contributed by atoms with Gasteiger partial charge in [0, 0.05) is 26.2 Å². The van der Waals surface area contributed by atoms with Crippen molar-refractivity contribution in [2.75, 3.05) is 39.4 Å². The summed E-state index contributed by atoms with van der Waals surface area (Å²) in [5.41, 5.74) is 2.63. The summed E-state index contributed by atoms with van der Waals surface area (Å²) >= 11 is 0. The van der Waals surface area contributed by atoms with Crippen LogP contribution in [0.1, 0.15) is 29.4 Å². The molecule has 3 rings (SSSR count). The van der Waals surface area contributed by atoms with Gasteiger partial charge >= 0.3 is 0 Å². The zero-order chi connectivity index (χ0) is 17.5. The van der Waals surface area contributed by atoms with Crippen LogP contribution in [0, 0.1) is 0 Å². The second-order valence-electron chi connectivity index (χ2n) is 6.21. The first-order valence-electron chi connectivity index (χ1n) is 9.00. The molecule has 0 unspecified atom stereocenters. The van der Waals surface area contributed by atoms with E-state index in [-0.39, 0.29) is 5.91 Å². The van der Waals surface area contributed by atoms with Crippen LogP contribution in [0.15, 0.2) is 36.5 Å². The molecular formula is C19H26N4O2. The van der Waals surface area contributed by atoms with Gasteiger partial charge in [0.1, 0.15) is 0 Å². The van der Waals surface area contributed by atoms with Crippen LogP contribution in [-0.2, 0) is 11.2 Å². The van der Waals surface area contributed by atoms with Crippen LogP contribution < -0.4 is 5.32 Å². The van der Waals surface area contributed by atoms with Crippen molar-refractivity contribution in [1.29, 1.82) is 0 Å². The Balaban J connectivity index is 1.66. The normalized spacial score (nSPS) is 15.2. The van der Waals surface area contributed by atoms with Crippen molar-refractivity contribution in [3.63, 3.8) is 0 Å². The van der Waals surface area contributed by atoms with Crippen LogP contribution in [0.2, 0.25) is 0 Å². The first-order chi connectivity index (χ1) is 12.3. The molecule has 0 saturated carbocycles. The van der Waals surface area contributed by atoms with Gasteiger partial charge in [-0.05, 0) is 18.6 Å². The van der Waals surface area contributed by atoms with Crippen molar-refractivity contribution in [3.8, 4) is 5.69 Å². The highest BCUT2D eigenvalue weighted by atomic mass is 16.5. The molecule has 1 fully saturated rings. The zero-order valence-corrected chi connectivity index (χ0v) is 14.8. The van der Waals surface area contributed by atoms with Gasteiger partial charge in [-0.2, -0.15) is 5.10 Å². The Labute approximate surface area is 148 Å². The van der Waals surface area contributed by atoms with E-state index in [1.54, 1.807) is 6.20 Å². The number of aromatic nitrogens is 2. The van der Waals surface area contributed by atoms with Gasteiger partial charge in [-0.15, -0.1) is 0 Å². The third-order valence-electron chi connectivity index (χ3n) is 4.42. The van der Waals surface area contributed by atoms with Gasteiger partial charge in [0.25, 0.3) is 5.91 Å². The topological polar surface area (TPSA) is 59.4 Å². The summed E-state index contributed by atoms with van der Waals surface area (Å²) < 4.78 is 7.22. The minimum absolute atomic E-state index is 0.0427. The largest absolute Gasteiger partial charge is 0.379 e. The van der Waals surface area contributed by atoms with Gasteiger partial charge in [0.15, 0.2) is 0 Å². The summed E-state index contributed by atoms with van der Waals surface area (Å²) in [4.78, 5) is 14.9. The fourth-order valence-electron chi connectivity index (χ4n) is 3.08. The molecule has 0 atom stereocenters. The second kappa shape index (κ2) is 8.78. The van der Waals surface area contributed by atoms with Crippen LogP contribution in [0.3, 0.4) is 0 Å². The first-order valence-corrected chi connectivity index (χ1v) is 9.00. The SMILES string of the molecule is CCCc1c(C(=O)NCCN2CCOCC2)cnn1-c1ccccc1. The molecule has 134 valence electrons. The summed E-state index contributed by atoms with van der Waals surface area (Å²) in [6.07, 6.45) is 3.47. The van der Waals surface area contributed by atoms with E-state index in [2.05, 4.69) is 22.2 Å². The van der Waals surface area contributed by atoms with Crippen LogP contribution in [0.5, 0.6) is 0 Å². The number of nitrogens with one attached hydrogen (secondary N) is 1. The van der Waals surface area contributed by atoms with Crippen LogP contribution in [0.4, 0.5) is 0 Å². The van der Waals surface area contributed by atoms with Gasteiger partial charge in [-0.25, -0.2) is 4.68 Å². The number of carbonyl (C=O) groups is 1. The van der Waals surface area contributed by atoms with E-state index in [1.807, 2.05) is 35.0 Å². The predicted octanol–water partition coefficient (Wildman–Crippen LogP) is 1.89. The highest BCUT2D eigenvalue weighted by Gasteiger charge is 2.18. The Morgan fingerprint density at radius 1 is 1.24 bits per heavy atom. The lowest BCUT2D eigenvalue weighted by atomic mass is 10.1. The number of carbonyl (C=O) groups excluding carboxylic acids is 1. The van der Waals surface area contributed by atoms with E-state index in [0.717, 1.165) is 57.1 Å². The second-order valence-corrected chi connectivity index (χ2v) is 6.21. The average molecular weight is 342 g/mol. The van der Waals surface area contributed by atoms with E-state index in [9.17, 15) is 4.79 Å². The number of ether oxygens (including phenoxy) is 1. The van der Waals surface area contributed by atoms with Crippen molar-refractivity contribution < 1.29 is 9.53 Å². The lowest BCUT2D eigenvalue weighted by Crippen LogP contribution is -2.41. The third-order valence-corrected chi connectivity index (χ3v) is 4.42. The molecule has 1 aromatic carbocycles. The number of benzene rings is 1. The molecule has 0 bridgehead atoms. The molecule has 6 nitrogen and oxygen atoms in total. The number of nitrogens with zero attached hydrogens (tertiary/aromatic N) is 3. The Morgan fingerprint density at radius 3 is 2.72 bits per heavy atom. The minimum Gasteiger partial charge on any atom is -0.379 e. The van der Waals surface area contributed by atoms with E-state index in [4.69, 9.17) is 4.74 Å². The summed E-state index contributed by atoms with van der Waals surface area (Å²) in [7, 11) is 0. The lowest BCUT2D eigenvalue weighted by Gasteiger charge is -2.26. The van der Waals surface area contributed by atoms with Crippen LogP contribution in [0.25, 0.3) is 5.69 Å². The molecule has 0 spiro atoms. The van der Waals surface area contributed by atoms with Crippen molar-refractivity contribution >= 4 is 5.91 Å².